The fraction of sp³-hybridized carbons (Fsp3) is 0.192. The number of fused-ring (bicyclic) bond motifs is 1. The summed E-state index contributed by atoms with van der Waals surface area (Å²) in [6.45, 7) is 2.72. The molecule has 7 heteroatoms. The third kappa shape index (κ3) is 5.38. The lowest BCUT2D eigenvalue weighted by molar-refractivity contribution is -0.123. The molecule has 1 heterocycles. The number of imidazole rings is 1. The molecule has 0 unspecified atom stereocenters. The van der Waals surface area contributed by atoms with Crippen molar-refractivity contribution < 1.29 is 14.3 Å². The van der Waals surface area contributed by atoms with Crippen LogP contribution in [-0.2, 0) is 22.7 Å². The number of carbonyl (C=O) groups excluding carboxylic acids is 2. The fourth-order valence-electron chi connectivity index (χ4n) is 3.66. The molecule has 7 nitrogen and oxygen atoms in total. The van der Waals surface area contributed by atoms with Crippen LogP contribution in [-0.4, -0.2) is 34.5 Å². The first-order valence-electron chi connectivity index (χ1n) is 10.9. The molecule has 2 amide bonds. The number of nitrogens with zero attached hydrogens (tertiary/aromatic N) is 3. The van der Waals surface area contributed by atoms with Crippen molar-refractivity contribution in [2.24, 2.45) is 0 Å². The number of hydrogen-bond acceptors (Lipinski definition) is 4. The van der Waals surface area contributed by atoms with Gasteiger partial charge in [0.2, 0.25) is 5.91 Å². The van der Waals surface area contributed by atoms with Gasteiger partial charge in [-0.05, 0) is 43.3 Å². The molecule has 0 fully saturated rings. The molecule has 0 radical (unpaired) electrons. The van der Waals surface area contributed by atoms with Crippen LogP contribution in [0.4, 0.5) is 5.69 Å². The summed E-state index contributed by atoms with van der Waals surface area (Å²) >= 11 is 0. The van der Waals surface area contributed by atoms with E-state index >= 15 is 0 Å². The fourth-order valence-corrected chi connectivity index (χ4v) is 3.66. The Hall–Kier alpha value is -4.13. The number of ether oxygens (including phenoxy) is 1. The Kier molecular flexibility index (Phi) is 6.99. The highest BCUT2D eigenvalue weighted by Gasteiger charge is 2.19. The molecule has 4 aromatic rings. The van der Waals surface area contributed by atoms with Crippen molar-refractivity contribution >= 4 is 28.5 Å². The molecule has 1 aromatic heterocycles. The zero-order valence-electron chi connectivity index (χ0n) is 18.5. The zero-order chi connectivity index (χ0) is 23.0. The van der Waals surface area contributed by atoms with Crippen LogP contribution >= 0.6 is 0 Å². The predicted molar refractivity (Wildman–Crippen MR) is 128 cm³/mol. The summed E-state index contributed by atoms with van der Waals surface area (Å²) in [5.74, 6) is 0.933. The molecule has 0 atom stereocenters. The first-order valence-corrected chi connectivity index (χ1v) is 10.9. The lowest BCUT2D eigenvalue weighted by Gasteiger charge is -2.22. The summed E-state index contributed by atoms with van der Waals surface area (Å²) in [6.07, 6.45) is 0. The summed E-state index contributed by atoms with van der Waals surface area (Å²) in [5.41, 5.74) is 2.47. The lowest BCUT2D eigenvalue weighted by Crippen LogP contribution is -2.35. The van der Waals surface area contributed by atoms with Gasteiger partial charge in [0.25, 0.3) is 5.91 Å². The summed E-state index contributed by atoms with van der Waals surface area (Å²) in [7, 11) is 0. The molecule has 1 N–H and O–H groups in total. The van der Waals surface area contributed by atoms with E-state index in [4.69, 9.17) is 4.74 Å². The van der Waals surface area contributed by atoms with E-state index in [0.717, 1.165) is 16.7 Å². The number of hydrogen-bond donors (Lipinski definition) is 1. The van der Waals surface area contributed by atoms with Gasteiger partial charge in [0.05, 0.1) is 17.6 Å². The zero-order valence-corrected chi connectivity index (χ0v) is 18.5. The van der Waals surface area contributed by atoms with E-state index in [1.165, 1.54) is 0 Å². The van der Waals surface area contributed by atoms with Crippen molar-refractivity contribution in [3.63, 3.8) is 0 Å². The third-order valence-electron chi connectivity index (χ3n) is 5.27. The largest absolute Gasteiger partial charge is 0.484 e. The first-order chi connectivity index (χ1) is 16.2. The van der Waals surface area contributed by atoms with Gasteiger partial charge in [0, 0.05) is 12.2 Å². The van der Waals surface area contributed by atoms with Gasteiger partial charge in [-0.15, -0.1) is 0 Å². The number of anilines is 1. The van der Waals surface area contributed by atoms with E-state index in [1.807, 2.05) is 84.3 Å². The maximum absolute atomic E-state index is 13.2. The van der Waals surface area contributed by atoms with Crippen molar-refractivity contribution in [1.29, 1.82) is 0 Å². The van der Waals surface area contributed by atoms with Crippen molar-refractivity contribution in [3.8, 4) is 5.75 Å². The van der Waals surface area contributed by atoms with Gasteiger partial charge >= 0.3 is 0 Å². The van der Waals surface area contributed by atoms with Crippen LogP contribution in [0.2, 0.25) is 0 Å². The number of para-hydroxylation sites is 4. The van der Waals surface area contributed by atoms with Crippen LogP contribution in [0.25, 0.3) is 11.0 Å². The highest BCUT2D eigenvalue weighted by Crippen LogP contribution is 2.19. The summed E-state index contributed by atoms with van der Waals surface area (Å²) < 4.78 is 7.37. The minimum absolute atomic E-state index is 0.0492. The Labute approximate surface area is 192 Å². The van der Waals surface area contributed by atoms with Gasteiger partial charge in [0.15, 0.2) is 6.61 Å². The number of carbonyl (C=O) groups is 2. The quantitative estimate of drug-likeness (QED) is 0.428. The molecule has 33 heavy (non-hydrogen) atoms. The molecule has 0 spiro atoms. The molecular weight excluding hydrogens is 416 g/mol. The van der Waals surface area contributed by atoms with Gasteiger partial charge in [0.1, 0.15) is 18.1 Å². The van der Waals surface area contributed by atoms with Crippen LogP contribution in [0.1, 0.15) is 12.7 Å². The van der Waals surface area contributed by atoms with Crippen molar-refractivity contribution in [2.75, 3.05) is 18.1 Å². The Balaban J connectivity index is 1.48. The van der Waals surface area contributed by atoms with E-state index in [-0.39, 0.29) is 31.5 Å². The smallest absolute Gasteiger partial charge is 0.258 e. The van der Waals surface area contributed by atoms with E-state index in [2.05, 4.69) is 10.3 Å². The van der Waals surface area contributed by atoms with Gasteiger partial charge in [-0.1, -0.05) is 48.5 Å². The Morgan fingerprint density at radius 1 is 0.939 bits per heavy atom. The van der Waals surface area contributed by atoms with E-state index in [9.17, 15) is 9.59 Å². The van der Waals surface area contributed by atoms with Gasteiger partial charge in [-0.25, -0.2) is 4.98 Å². The minimum atomic E-state index is -0.261. The SMILES string of the molecule is CCN(C(=O)Cn1c(CNC(=O)COc2ccccc2)nc2ccccc21)c1ccccc1. The number of aromatic nitrogens is 2. The van der Waals surface area contributed by atoms with Crippen molar-refractivity contribution in [3.05, 3.63) is 90.8 Å². The van der Waals surface area contributed by atoms with Gasteiger partial charge in [-0.3, -0.25) is 9.59 Å². The number of likely N-dealkylation sites (N-methyl/N-ethyl adjacent to an activating group) is 1. The highest BCUT2D eigenvalue weighted by molar-refractivity contribution is 5.94. The van der Waals surface area contributed by atoms with E-state index < -0.39 is 0 Å². The Morgan fingerprint density at radius 3 is 2.33 bits per heavy atom. The molecule has 0 aliphatic heterocycles. The van der Waals surface area contributed by atoms with Crippen LogP contribution in [0, 0.1) is 0 Å². The molecule has 0 bridgehead atoms. The first kappa shape index (κ1) is 22.1. The molecule has 4 rings (SSSR count). The monoisotopic (exact) mass is 442 g/mol. The van der Waals surface area contributed by atoms with Crippen molar-refractivity contribution in [1.82, 2.24) is 14.9 Å². The molecule has 0 aliphatic carbocycles. The second-order valence-electron chi connectivity index (χ2n) is 7.45. The second kappa shape index (κ2) is 10.5. The molecular formula is C26H26N4O3. The van der Waals surface area contributed by atoms with E-state index in [0.29, 0.717) is 18.1 Å². The Morgan fingerprint density at radius 2 is 1.61 bits per heavy atom. The lowest BCUT2D eigenvalue weighted by atomic mass is 10.2. The van der Waals surface area contributed by atoms with E-state index in [1.54, 1.807) is 17.0 Å². The minimum Gasteiger partial charge on any atom is -0.484 e. The summed E-state index contributed by atoms with van der Waals surface area (Å²) in [6, 6.07) is 26.4. The number of rotatable bonds is 9. The molecule has 0 saturated carbocycles. The van der Waals surface area contributed by atoms with Crippen LogP contribution in [0.15, 0.2) is 84.9 Å². The average molecular weight is 443 g/mol. The van der Waals surface area contributed by atoms with Crippen molar-refractivity contribution in [2.45, 2.75) is 20.0 Å². The highest BCUT2D eigenvalue weighted by atomic mass is 16.5. The molecule has 168 valence electrons. The molecule has 0 saturated heterocycles. The predicted octanol–water partition coefficient (Wildman–Crippen LogP) is 3.78. The number of benzene rings is 3. The summed E-state index contributed by atoms with van der Waals surface area (Å²) in [5, 5.41) is 2.85. The van der Waals surface area contributed by atoms with Gasteiger partial charge < -0.3 is 19.5 Å². The van der Waals surface area contributed by atoms with Crippen LogP contribution in [0.5, 0.6) is 5.75 Å². The molecule has 0 aliphatic rings. The average Bonchev–Trinajstić information content (AvgIpc) is 3.20. The second-order valence-corrected chi connectivity index (χ2v) is 7.45. The third-order valence-corrected chi connectivity index (χ3v) is 5.27. The standard InChI is InChI=1S/C26H26N4O3/c1-2-29(20-11-5-3-6-12-20)26(32)18-30-23-16-10-9-15-22(23)28-24(30)17-27-25(31)19-33-21-13-7-4-8-14-21/h3-16H,2,17-19H2,1H3,(H,27,31). The maximum Gasteiger partial charge on any atom is 0.258 e. The number of nitrogens with one attached hydrogen (secondary N) is 1. The molecule has 3 aromatic carbocycles. The Bertz CT molecular complexity index is 1220. The topological polar surface area (TPSA) is 76.5 Å². The summed E-state index contributed by atoms with van der Waals surface area (Å²) in [4.78, 5) is 31.9. The van der Waals surface area contributed by atoms with Gasteiger partial charge in [-0.2, -0.15) is 0 Å². The normalized spacial score (nSPS) is 10.7. The maximum atomic E-state index is 13.2. The van der Waals surface area contributed by atoms with Crippen LogP contribution < -0.4 is 15.0 Å². The van der Waals surface area contributed by atoms with Crippen LogP contribution in [0.3, 0.4) is 0 Å². The number of amides is 2.